The molecule has 1 aromatic rings. The summed E-state index contributed by atoms with van der Waals surface area (Å²) in [6.07, 6.45) is 2.70. The molecule has 1 aliphatic heterocycles. The van der Waals surface area contributed by atoms with Crippen molar-refractivity contribution in [1.29, 1.82) is 0 Å². The Bertz CT molecular complexity index is 292. The number of likely N-dealkylation sites (tertiary alicyclic amines) is 1. The maximum atomic E-state index is 5.90. The second-order valence-corrected chi connectivity index (χ2v) is 4.15. The first-order chi connectivity index (χ1) is 6.90. The zero-order chi connectivity index (χ0) is 9.80. The minimum Gasteiger partial charge on any atom is -0.299 e. The van der Waals surface area contributed by atoms with E-state index in [0.717, 1.165) is 6.54 Å². The highest BCUT2D eigenvalue weighted by atomic mass is 35.5. The van der Waals surface area contributed by atoms with Crippen molar-refractivity contribution in [2.24, 2.45) is 0 Å². The van der Waals surface area contributed by atoms with Gasteiger partial charge >= 0.3 is 0 Å². The second-order valence-electron chi connectivity index (χ2n) is 3.89. The molecule has 0 aromatic heterocycles. The van der Waals surface area contributed by atoms with Crippen LogP contribution in [0.4, 0.5) is 0 Å². The lowest BCUT2D eigenvalue weighted by molar-refractivity contribution is 0.330. The minimum absolute atomic E-state index is 0.629. The molecule has 2 heteroatoms. The fourth-order valence-electron chi connectivity index (χ4n) is 2.02. The molecule has 76 valence electrons. The van der Waals surface area contributed by atoms with E-state index in [-0.39, 0.29) is 0 Å². The Balaban J connectivity index is 2.07. The Morgan fingerprint density at radius 3 is 2.36 bits per heavy atom. The lowest BCUT2D eigenvalue weighted by Gasteiger charge is -2.16. The van der Waals surface area contributed by atoms with Crippen molar-refractivity contribution in [1.82, 2.24) is 4.90 Å². The van der Waals surface area contributed by atoms with Gasteiger partial charge in [0, 0.05) is 12.4 Å². The van der Waals surface area contributed by atoms with Gasteiger partial charge in [-0.15, -0.1) is 11.6 Å². The second kappa shape index (κ2) is 4.81. The van der Waals surface area contributed by atoms with Crippen molar-refractivity contribution in [2.75, 3.05) is 13.1 Å². The molecule has 1 fully saturated rings. The summed E-state index contributed by atoms with van der Waals surface area (Å²) >= 11 is 5.90. The predicted molar refractivity (Wildman–Crippen MR) is 60.5 cm³/mol. The predicted octanol–water partition coefficient (Wildman–Crippen LogP) is 3.02. The van der Waals surface area contributed by atoms with Gasteiger partial charge in [0.1, 0.15) is 0 Å². The molecule has 1 nitrogen and oxygen atoms in total. The molecule has 1 heterocycles. The highest BCUT2D eigenvalue weighted by Crippen LogP contribution is 2.17. The minimum atomic E-state index is 0.629. The van der Waals surface area contributed by atoms with E-state index in [1.54, 1.807) is 0 Å². The lowest BCUT2D eigenvalue weighted by Crippen LogP contribution is -2.19. The Hall–Kier alpha value is -0.530. The van der Waals surface area contributed by atoms with Crippen molar-refractivity contribution < 1.29 is 0 Å². The first kappa shape index (κ1) is 10.0. The zero-order valence-electron chi connectivity index (χ0n) is 8.38. The van der Waals surface area contributed by atoms with Gasteiger partial charge in [-0.2, -0.15) is 0 Å². The van der Waals surface area contributed by atoms with Gasteiger partial charge < -0.3 is 0 Å². The Morgan fingerprint density at radius 1 is 1.07 bits per heavy atom. The van der Waals surface area contributed by atoms with Gasteiger partial charge in [0.15, 0.2) is 0 Å². The van der Waals surface area contributed by atoms with E-state index in [1.807, 2.05) is 0 Å². The monoisotopic (exact) mass is 209 g/mol. The third-order valence-electron chi connectivity index (χ3n) is 2.85. The molecule has 14 heavy (non-hydrogen) atoms. The van der Waals surface area contributed by atoms with E-state index < -0.39 is 0 Å². The number of alkyl halides is 1. The van der Waals surface area contributed by atoms with Crippen LogP contribution in [0.3, 0.4) is 0 Å². The summed E-state index contributed by atoms with van der Waals surface area (Å²) < 4.78 is 0. The van der Waals surface area contributed by atoms with Gasteiger partial charge in [-0.1, -0.05) is 24.3 Å². The van der Waals surface area contributed by atoms with Crippen molar-refractivity contribution in [2.45, 2.75) is 25.3 Å². The van der Waals surface area contributed by atoms with E-state index in [4.69, 9.17) is 11.6 Å². The van der Waals surface area contributed by atoms with Crippen LogP contribution in [0.1, 0.15) is 24.0 Å². The number of nitrogens with zero attached hydrogens (tertiary/aromatic N) is 1. The van der Waals surface area contributed by atoms with Gasteiger partial charge in [0.05, 0.1) is 0 Å². The maximum absolute atomic E-state index is 5.90. The summed E-state index contributed by atoms with van der Waals surface area (Å²) in [6, 6.07) is 8.47. The number of hydrogen-bond acceptors (Lipinski definition) is 1. The molecule has 0 atom stereocenters. The molecule has 1 aromatic carbocycles. The third kappa shape index (κ3) is 2.28. The molecule has 0 unspecified atom stereocenters. The van der Waals surface area contributed by atoms with E-state index in [0.29, 0.717) is 5.88 Å². The van der Waals surface area contributed by atoms with Crippen LogP contribution < -0.4 is 0 Å². The first-order valence-corrected chi connectivity index (χ1v) is 5.78. The standard InChI is InChI=1S/C12H16ClN/c13-9-11-5-1-2-6-12(11)10-14-7-3-4-8-14/h1-2,5-6H,3-4,7-10H2. The SMILES string of the molecule is ClCc1ccccc1CN1CCCC1. The highest BCUT2D eigenvalue weighted by molar-refractivity contribution is 6.17. The molecule has 1 aliphatic rings. The fourth-order valence-corrected chi connectivity index (χ4v) is 2.28. The lowest BCUT2D eigenvalue weighted by atomic mass is 10.1. The molecule has 0 aliphatic carbocycles. The van der Waals surface area contributed by atoms with Crippen LogP contribution in [0.2, 0.25) is 0 Å². The molecule has 0 spiro atoms. The molecule has 0 radical (unpaired) electrons. The van der Waals surface area contributed by atoms with E-state index >= 15 is 0 Å². The third-order valence-corrected chi connectivity index (χ3v) is 3.14. The number of rotatable bonds is 3. The van der Waals surface area contributed by atoms with Crippen LogP contribution in [0.15, 0.2) is 24.3 Å². The largest absolute Gasteiger partial charge is 0.299 e. The summed E-state index contributed by atoms with van der Waals surface area (Å²) in [7, 11) is 0. The zero-order valence-corrected chi connectivity index (χ0v) is 9.13. The molecule has 0 amide bonds. The maximum Gasteiger partial charge on any atom is 0.0477 e. The van der Waals surface area contributed by atoms with Crippen LogP contribution in [0, 0.1) is 0 Å². The van der Waals surface area contributed by atoms with E-state index in [9.17, 15) is 0 Å². The van der Waals surface area contributed by atoms with Gasteiger partial charge in [-0.05, 0) is 37.1 Å². The highest BCUT2D eigenvalue weighted by Gasteiger charge is 2.12. The average Bonchev–Trinajstić information content (AvgIpc) is 2.71. The van der Waals surface area contributed by atoms with Crippen molar-refractivity contribution in [3.63, 3.8) is 0 Å². The van der Waals surface area contributed by atoms with Crippen molar-refractivity contribution in [3.8, 4) is 0 Å². The Morgan fingerprint density at radius 2 is 1.71 bits per heavy atom. The Kier molecular flexibility index (Phi) is 3.44. The van der Waals surface area contributed by atoms with Crippen LogP contribution in [0.25, 0.3) is 0 Å². The summed E-state index contributed by atoms with van der Waals surface area (Å²) in [5.41, 5.74) is 2.67. The van der Waals surface area contributed by atoms with Crippen LogP contribution in [-0.4, -0.2) is 18.0 Å². The molecule has 1 saturated heterocycles. The van der Waals surface area contributed by atoms with Gasteiger partial charge in [-0.25, -0.2) is 0 Å². The summed E-state index contributed by atoms with van der Waals surface area (Å²) in [6.45, 7) is 3.57. The Labute approximate surface area is 90.7 Å². The summed E-state index contributed by atoms with van der Waals surface area (Å²) in [5, 5.41) is 0. The molecule has 0 saturated carbocycles. The van der Waals surface area contributed by atoms with Crippen molar-refractivity contribution in [3.05, 3.63) is 35.4 Å². The molecule has 0 bridgehead atoms. The van der Waals surface area contributed by atoms with Gasteiger partial charge in [0.25, 0.3) is 0 Å². The molecule has 0 N–H and O–H groups in total. The van der Waals surface area contributed by atoms with Gasteiger partial charge in [0.2, 0.25) is 0 Å². The van der Waals surface area contributed by atoms with Crippen LogP contribution >= 0.6 is 11.6 Å². The van der Waals surface area contributed by atoms with E-state index in [2.05, 4.69) is 29.2 Å². The quantitative estimate of drug-likeness (QED) is 0.692. The molecular weight excluding hydrogens is 194 g/mol. The number of benzene rings is 1. The van der Waals surface area contributed by atoms with E-state index in [1.165, 1.54) is 37.1 Å². The fraction of sp³-hybridized carbons (Fsp3) is 0.500. The number of hydrogen-bond donors (Lipinski definition) is 0. The molecule has 2 rings (SSSR count). The number of halogens is 1. The van der Waals surface area contributed by atoms with Crippen LogP contribution in [-0.2, 0) is 12.4 Å². The molecular formula is C12H16ClN. The average molecular weight is 210 g/mol. The van der Waals surface area contributed by atoms with Gasteiger partial charge in [-0.3, -0.25) is 4.90 Å². The van der Waals surface area contributed by atoms with Crippen molar-refractivity contribution >= 4 is 11.6 Å². The topological polar surface area (TPSA) is 3.24 Å². The van der Waals surface area contributed by atoms with Crippen LogP contribution in [0.5, 0.6) is 0 Å². The first-order valence-electron chi connectivity index (χ1n) is 5.25. The summed E-state index contributed by atoms with van der Waals surface area (Å²) in [4.78, 5) is 2.51. The smallest absolute Gasteiger partial charge is 0.0477 e. The normalized spacial score (nSPS) is 17.5. The summed E-state index contributed by atoms with van der Waals surface area (Å²) in [5.74, 6) is 0.629.